The highest BCUT2D eigenvalue weighted by Gasteiger charge is 2.30. The Morgan fingerprint density at radius 3 is 2.94 bits per heavy atom. The third-order valence-corrected chi connectivity index (χ3v) is 3.09. The SMILES string of the molecule is CC1(C)CCN(Cc2ccoc2C(=O)O)C1. The van der Waals surface area contributed by atoms with Crippen molar-refractivity contribution in [2.75, 3.05) is 13.1 Å². The number of carboxylic acid groups (broad SMARTS) is 1. The highest BCUT2D eigenvalue weighted by Crippen LogP contribution is 2.30. The molecule has 1 aliphatic rings. The molecule has 0 saturated carbocycles. The average molecular weight is 223 g/mol. The van der Waals surface area contributed by atoms with Crippen molar-refractivity contribution >= 4 is 5.97 Å². The fourth-order valence-corrected chi connectivity index (χ4v) is 2.25. The van der Waals surface area contributed by atoms with Crippen molar-refractivity contribution in [2.45, 2.75) is 26.8 Å². The van der Waals surface area contributed by atoms with Crippen LogP contribution in [-0.2, 0) is 6.54 Å². The zero-order valence-corrected chi connectivity index (χ0v) is 9.69. The standard InChI is InChI=1S/C12H17NO3/c1-12(2)4-5-13(8-12)7-9-3-6-16-10(9)11(14)15/h3,6H,4-5,7-8H2,1-2H3,(H,14,15). The van der Waals surface area contributed by atoms with E-state index in [9.17, 15) is 4.79 Å². The van der Waals surface area contributed by atoms with Crippen LogP contribution in [0.15, 0.2) is 16.7 Å². The van der Waals surface area contributed by atoms with E-state index in [0.29, 0.717) is 12.0 Å². The Bertz CT molecular complexity index is 395. The number of nitrogens with zero attached hydrogens (tertiary/aromatic N) is 1. The van der Waals surface area contributed by atoms with Gasteiger partial charge in [-0.25, -0.2) is 4.79 Å². The number of hydrogen-bond acceptors (Lipinski definition) is 3. The van der Waals surface area contributed by atoms with Crippen LogP contribution in [0, 0.1) is 5.41 Å². The maximum atomic E-state index is 10.9. The van der Waals surface area contributed by atoms with E-state index in [1.54, 1.807) is 6.07 Å². The maximum absolute atomic E-state index is 10.9. The summed E-state index contributed by atoms with van der Waals surface area (Å²) in [5, 5.41) is 8.92. The van der Waals surface area contributed by atoms with Gasteiger partial charge in [-0.2, -0.15) is 0 Å². The summed E-state index contributed by atoms with van der Waals surface area (Å²) in [6.07, 6.45) is 2.60. The molecule has 1 saturated heterocycles. The molecule has 0 unspecified atom stereocenters. The molecule has 88 valence electrons. The van der Waals surface area contributed by atoms with Gasteiger partial charge in [-0.05, 0) is 24.4 Å². The van der Waals surface area contributed by atoms with Gasteiger partial charge in [-0.3, -0.25) is 4.90 Å². The minimum Gasteiger partial charge on any atom is -0.475 e. The molecule has 1 N–H and O–H groups in total. The summed E-state index contributed by atoms with van der Waals surface area (Å²) in [7, 11) is 0. The van der Waals surface area contributed by atoms with Gasteiger partial charge in [0.1, 0.15) is 0 Å². The molecule has 0 amide bonds. The molecule has 16 heavy (non-hydrogen) atoms. The summed E-state index contributed by atoms with van der Waals surface area (Å²) in [5.74, 6) is -0.914. The van der Waals surface area contributed by atoms with E-state index in [0.717, 1.165) is 25.1 Å². The quantitative estimate of drug-likeness (QED) is 0.853. The number of hydrogen-bond donors (Lipinski definition) is 1. The predicted octanol–water partition coefficient (Wildman–Crippen LogP) is 2.21. The summed E-state index contributed by atoms with van der Waals surface area (Å²) >= 11 is 0. The van der Waals surface area contributed by atoms with Gasteiger partial charge in [0, 0.05) is 18.7 Å². The van der Waals surface area contributed by atoms with Crippen molar-refractivity contribution in [3.63, 3.8) is 0 Å². The molecule has 0 aromatic carbocycles. The molecule has 2 rings (SSSR count). The van der Waals surface area contributed by atoms with Crippen LogP contribution in [0.1, 0.15) is 36.4 Å². The molecule has 0 atom stereocenters. The van der Waals surface area contributed by atoms with Gasteiger partial charge in [0.2, 0.25) is 5.76 Å². The van der Waals surface area contributed by atoms with Crippen molar-refractivity contribution in [1.82, 2.24) is 4.90 Å². The number of likely N-dealkylation sites (tertiary alicyclic amines) is 1. The lowest BCUT2D eigenvalue weighted by atomic mass is 9.93. The summed E-state index contributed by atoms with van der Waals surface area (Å²) in [6, 6.07) is 1.74. The molecule has 1 aromatic rings. The first-order valence-electron chi connectivity index (χ1n) is 5.50. The van der Waals surface area contributed by atoms with Crippen molar-refractivity contribution < 1.29 is 14.3 Å². The van der Waals surface area contributed by atoms with E-state index in [2.05, 4.69) is 18.7 Å². The van der Waals surface area contributed by atoms with Gasteiger partial charge < -0.3 is 9.52 Å². The number of carbonyl (C=O) groups is 1. The minimum atomic E-state index is -0.988. The van der Waals surface area contributed by atoms with Crippen LogP contribution in [0.25, 0.3) is 0 Å². The summed E-state index contributed by atoms with van der Waals surface area (Å²) in [5.41, 5.74) is 1.11. The highest BCUT2D eigenvalue weighted by atomic mass is 16.4. The van der Waals surface area contributed by atoms with E-state index in [1.807, 2.05) is 0 Å². The molecule has 4 heteroatoms. The smallest absolute Gasteiger partial charge is 0.372 e. The van der Waals surface area contributed by atoms with Crippen LogP contribution in [0.3, 0.4) is 0 Å². The second-order valence-corrected chi connectivity index (χ2v) is 5.20. The Morgan fingerprint density at radius 2 is 2.38 bits per heavy atom. The lowest BCUT2D eigenvalue weighted by Crippen LogP contribution is -2.23. The molecule has 0 spiro atoms. The summed E-state index contributed by atoms with van der Waals surface area (Å²) in [6.45, 7) is 7.18. The van der Waals surface area contributed by atoms with Crippen molar-refractivity contribution in [1.29, 1.82) is 0 Å². The summed E-state index contributed by atoms with van der Waals surface area (Å²) in [4.78, 5) is 13.1. The van der Waals surface area contributed by atoms with Crippen molar-refractivity contribution in [2.24, 2.45) is 5.41 Å². The van der Waals surface area contributed by atoms with Crippen LogP contribution in [-0.4, -0.2) is 29.1 Å². The molecular weight excluding hydrogens is 206 g/mol. The van der Waals surface area contributed by atoms with Crippen LogP contribution in [0.2, 0.25) is 0 Å². The Morgan fingerprint density at radius 1 is 1.62 bits per heavy atom. The van der Waals surface area contributed by atoms with Gasteiger partial charge in [0.25, 0.3) is 0 Å². The lowest BCUT2D eigenvalue weighted by Gasteiger charge is -2.19. The second-order valence-electron chi connectivity index (χ2n) is 5.20. The van der Waals surface area contributed by atoms with Gasteiger partial charge in [-0.15, -0.1) is 0 Å². The highest BCUT2D eigenvalue weighted by molar-refractivity contribution is 5.86. The van der Waals surface area contributed by atoms with E-state index < -0.39 is 5.97 Å². The van der Waals surface area contributed by atoms with Gasteiger partial charge in [0.05, 0.1) is 6.26 Å². The molecule has 0 radical (unpaired) electrons. The molecule has 1 fully saturated rings. The fraction of sp³-hybridized carbons (Fsp3) is 0.583. The fourth-order valence-electron chi connectivity index (χ4n) is 2.25. The molecule has 1 aliphatic heterocycles. The Labute approximate surface area is 94.9 Å². The van der Waals surface area contributed by atoms with Crippen LogP contribution in [0.5, 0.6) is 0 Å². The number of carboxylic acids is 1. The minimum absolute atomic E-state index is 0.0738. The first-order valence-corrected chi connectivity index (χ1v) is 5.50. The molecule has 0 aliphatic carbocycles. The lowest BCUT2D eigenvalue weighted by molar-refractivity contribution is 0.0659. The molecule has 2 heterocycles. The molecule has 1 aromatic heterocycles. The predicted molar refractivity (Wildman–Crippen MR) is 59.3 cm³/mol. The molecule has 0 bridgehead atoms. The van der Waals surface area contributed by atoms with Gasteiger partial charge >= 0.3 is 5.97 Å². The Hall–Kier alpha value is -1.29. The van der Waals surface area contributed by atoms with E-state index in [4.69, 9.17) is 9.52 Å². The average Bonchev–Trinajstić information content (AvgIpc) is 2.73. The monoisotopic (exact) mass is 223 g/mol. The van der Waals surface area contributed by atoms with Crippen LogP contribution < -0.4 is 0 Å². The van der Waals surface area contributed by atoms with E-state index in [1.165, 1.54) is 6.26 Å². The van der Waals surface area contributed by atoms with Crippen molar-refractivity contribution in [3.05, 3.63) is 23.7 Å². The van der Waals surface area contributed by atoms with Crippen LogP contribution in [0.4, 0.5) is 0 Å². The third kappa shape index (κ3) is 2.27. The van der Waals surface area contributed by atoms with Gasteiger partial charge in [0.15, 0.2) is 0 Å². The summed E-state index contributed by atoms with van der Waals surface area (Å²) < 4.78 is 4.96. The zero-order valence-electron chi connectivity index (χ0n) is 9.69. The zero-order chi connectivity index (χ0) is 11.8. The number of rotatable bonds is 3. The number of furan rings is 1. The Kier molecular flexibility index (Phi) is 2.76. The third-order valence-electron chi connectivity index (χ3n) is 3.09. The van der Waals surface area contributed by atoms with E-state index >= 15 is 0 Å². The largest absolute Gasteiger partial charge is 0.475 e. The maximum Gasteiger partial charge on any atom is 0.372 e. The topological polar surface area (TPSA) is 53.7 Å². The second kappa shape index (κ2) is 3.94. The molecular formula is C12H17NO3. The van der Waals surface area contributed by atoms with Gasteiger partial charge in [-0.1, -0.05) is 13.8 Å². The first-order chi connectivity index (χ1) is 7.48. The van der Waals surface area contributed by atoms with E-state index in [-0.39, 0.29) is 5.76 Å². The van der Waals surface area contributed by atoms with Crippen LogP contribution >= 0.6 is 0 Å². The first kappa shape index (κ1) is 11.2. The number of aromatic carboxylic acids is 1. The normalized spacial score (nSPS) is 20.1. The molecule has 4 nitrogen and oxygen atoms in total. The van der Waals surface area contributed by atoms with Crippen molar-refractivity contribution in [3.8, 4) is 0 Å². The Balaban J connectivity index is 2.05.